The van der Waals surface area contributed by atoms with Gasteiger partial charge in [-0.15, -0.1) is 0 Å². The first kappa shape index (κ1) is 17.1. The second-order valence-corrected chi connectivity index (χ2v) is 10.2. The van der Waals surface area contributed by atoms with Gasteiger partial charge in [0.25, 0.3) is 0 Å². The third-order valence-corrected chi connectivity index (χ3v) is 9.08. The van der Waals surface area contributed by atoms with E-state index in [9.17, 15) is 5.11 Å². The van der Waals surface area contributed by atoms with Crippen molar-refractivity contribution in [1.82, 2.24) is 0 Å². The first-order valence-electron chi connectivity index (χ1n) is 10.8. The Morgan fingerprint density at radius 2 is 1.79 bits per heavy atom. The van der Waals surface area contributed by atoms with Crippen LogP contribution in [0.25, 0.3) is 0 Å². The Balaban J connectivity index is 1.61. The van der Waals surface area contributed by atoms with Crippen LogP contribution in [0.1, 0.15) is 85.5 Å². The van der Waals surface area contributed by atoms with Crippen molar-refractivity contribution in [3.8, 4) is 0 Å². The van der Waals surface area contributed by atoms with Crippen molar-refractivity contribution < 1.29 is 5.11 Å². The molecule has 0 heterocycles. The number of allylic oxidation sites excluding steroid dienone is 2. The minimum absolute atomic E-state index is 0.380. The quantitative estimate of drug-likeness (QED) is 0.587. The monoisotopic (exact) mass is 330 g/mol. The van der Waals surface area contributed by atoms with Crippen molar-refractivity contribution in [2.45, 2.75) is 91.1 Å². The summed E-state index contributed by atoms with van der Waals surface area (Å²) in [5.74, 6) is 5.52. The lowest BCUT2D eigenvalue weighted by Crippen LogP contribution is -2.50. The van der Waals surface area contributed by atoms with Crippen molar-refractivity contribution in [1.29, 1.82) is 0 Å². The number of aliphatic hydroxyl groups is 1. The molecule has 8 atom stereocenters. The fraction of sp³-hybridized carbons (Fsp3) is 0.913. The van der Waals surface area contributed by atoms with Gasteiger partial charge in [-0.3, -0.25) is 0 Å². The molecule has 0 unspecified atom stereocenters. The Hall–Kier alpha value is -0.300. The zero-order valence-electron chi connectivity index (χ0n) is 16.4. The summed E-state index contributed by atoms with van der Waals surface area (Å²) >= 11 is 0. The molecular formula is C23H38O. The van der Waals surface area contributed by atoms with Crippen LogP contribution in [0.4, 0.5) is 0 Å². The van der Waals surface area contributed by atoms with Crippen molar-refractivity contribution in [3.63, 3.8) is 0 Å². The molecule has 1 nitrogen and oxygen atoms in total. The van der Waals surface area contributed by atoms with Gasteiger partial charge in [-0.1, -0.05) is 31.9 Å². The largest absolute Gasteiger partial charge is 0.390 e. The lowest BCUT2D eigenvalue weighted by Gasteiger charge is -2.57. The zero-order chi connectivity index (χ0) is 17.1. The van der Waals surface area contributed by atoms with Crippen LogP contribution in [-0.4, -0.2) is 10.7 Å². The molecule has 4 saturated carbocycles. The molecule has 4 aliphatic carbocycles. The molecule has 24 heavy (non-hydrogen) atoms. The first-order chi connectivity index (χ1) is 11.4. The third-order valence-electron chi connectivity index (χ3n) is 9.08. The summed E-state index contributed by atoms with van der Waals surface area (Å²) in [6.45, 7) is 9.39. The van der Waals surface area contributed by atoms with E-state index in [1.54, 1.807) is 5.57 Å². The van der Waals surface area contributed by atoms with E-state index in [1.807, 2.05) is 0 Å². The minimum atomic E-state index is -0.380. The molecule has 0 bridgehead atoms. The summed E-state index contributed by atoms with van der Waals surface area (Å²) in [5, 5.41) is 10.5. The SMILES string of the molecule is C/C=C1\C[C@@H](CC)[C@H]2[C@@H]3CC[C@@H]4C[C@](C)(O)CC[C@@H]4[C@H]3CC[C@]12C. The van der Waals surface area contributed by atoms with E-state index < -0.39 is 0 Å². The average Bonchev–Trinajstić information content (AvgIpc) is 2.85. The smallest absolute Gasteiger partial charge is 0.0622 e. The van der Waals surface area contributed by atoms with E-state index in [4.69, 9.17) is 0 Å². The van der Waals surface area contributed by atoms with Crippen LogP contribution in [0, 0.1) is 40.9 Å². The van der Waals surface area contributed by atoms with E-state index in [1.165, 1.54) is 44.9 Å². The molecule has 0 spiro atoms. The first-order valence-corrected chi connectivity index (χ1v) is 10.8. The summed E-state index contributed by atoms with van der Waals surface area (Å²) in [7, 11) is 0. The highest BCUT2D eigenvalue weighted by molar-refractivity contribution is 5.25. The maximum Gasteiger partial charge on any atom is 0.0622 e. The van der Waals surface area contributed by atoms with Crippen LogP contribution in [-0.2, 0) is 0 Å². The molecule has 4 rings (SSSR count). The summed E-state index contributed by atoms with van der Waals surface area (Å²) in [6, 6.07) is 0. The number of fused-ring (bicyclic) bond motifs is 5. The average molecular weight is 331 g/mol. The normalized spacial score (nSPS) is 55.8. The highest BCUT2D eigenvalue weighted by Gasteiger charge is 2.58. The summed E-state index contributed by atoms with van der Waals surface area (Å²) in [6.07, 6.45) is 14.3. The van der Waals surface area contributed by atoms with E-state index in [0.29, 0.717) is 5.41 Å². The lowest BCUT2D eigenvalue weighted by molar-refractivity contribution is -0.0969. The van der Waals surface area contributed by atoms with Gasteiger partial charge < -0.3 is 5.11 Å². The highest BCUT2D eigenvalue weighted by Crippen LogP contribution is 2.66. The summed E-state index contributed by atoms with van der Waals surface area (Å²) < 4.78 is 0. The Kier molecular flexibility index (Phi) is 4.18. The summed E-state index contributed by atoms with van der Waals surface area (Å²) in [4.78, 5) is 0. The Morgan fingerprint density at radius 1 is 1.04 bits per heavy atom. The van der Waals surface area contributed by atoms with Gasteiger partial charge in [0.1, 0.15) is 0 Å². The molecule has 0 aromatic heterocycles. The van der Waals surface area contributed by atoms with E-state index in [-0.39, 0.29) is 5.60 Å². The molecule has 0 amide bonds. The second kappa shape index (κ2) is 5.86. The molecule has 0 saturated heterocycles. The van der Waals surface area contributed by atoms with Gasteiger partial charge in [0.05, 0.1) is 5.60 Å². The Labute approximate surface area is 149 Å². The fourth-order valence-electron chi connectivity index (χ4n) is 8.06. The standard InChI is InChI=1S/C23H38O/c1-5-15-13-17(6-2)23(4)12-10-19-18-9-11-22(3,24)14-16(18)7-8-20(19)21(15)23/h6,15-16,18-21,24H,5,7-14H2,1-4H3/b17-6+/t15-,16-,18+,19-,20-,21+,22-,23-/m1/s1. The second-order valence-electron chi connectivity index (χ2n) is 10.2. The third kappa shape index (κ3) is 2.44. The molecule has 0 aromatic rings. The Bertz CT molecular complexity index is 518. The van der Waals surface area contributed by atoms with Gasteiger partial charge >= 0.3 is 0 Å². The number of rotatable bonds is 1. The molecule has 1 heteroatoms. The Morgan fingerprint density at radius 3 is 2.50 bits per heavy atom. The maximum atomic E-state index is 10.5. The van der Waals surface area contributed by atoms with Gasteiger partial charge in [-0.25, -0.2) is 0 Å². The number of hydrogen-bond acceptors (Lipinski definition) is 1. The highest BCUT2D eigenvalue weighted by atomic mass is 16.3. The molecule has 4 aliphatic rings. The van der Waals surface area contributed by atoms with Crippen LogP contribution in [0.3, 0.4) is 0 Å². The van der Waals surface area contributed by atoms with Crippen LogP contribution in [0.5, 0.6) is 0 Å². The van der Waals surface area contributed by atoms with Crippen molar-refractivity contribution in [2.75, 3.05) is 0 Å². The summed E-state index contributed by atoms with van der Waals surface area (Å²) in [5.41, 5.74) is 1.91. The van der Waals surface area contributed by atoms with E-state index in [2.05, 4.69) is 33.8 Å². The van der Waals surface area contributed by atoms with Crippen molar-refractivity contribution >= 4 is 0 Å². The van der Waals surface area contributed by atoms with Crippen LogP contribution in [0.15, 0.2) is 11.6 Å². The van der Waals surface area contributed by atoms with Gasteiger partial charge in [0.15, 0.2) is 0 Å². The van der Waals surface area contributed by atoms with Crippen LogP contribution >= 0.6 is 0 Å². The van der Waals surface area contributed by atoms with Gasteiger partial charge in [0.2, 0.25) is 0 Å². The van der Waals surface area contributed by atoms with Gasteiger partial charge in [-0.05, 0) is 106 Å². The molecule has 0 aliphatic heterocycles. The van der Waals surface area contributed by atoms with Crippen molar-refractivity contribution in [2.24, 2.45) is 40.9 Å². The molecule has 136 valence electrons. The van der Waals surface area contributed by atoms with Crippen molar-refractivity contribution in [3.05, 3.63) is 11.6 Å². The van der Waals surface area contributed by atoms with Crippen LogP contribution < -0.4 is 0 Å². The van der Waals surface area contributed by atoms with Gasteiger partial charge in [0, 0.05) is 0 Å². The fourth-order valence-corrected chi connectivity index (χ4v) is 8.06. The molecule has 1 N–H and O–H groups in total. The predicted molar refractivity (Wildman–Crippen MR) is 101 cm³/mol. The molecule has 0 radical (unpaired) electrons. The number of hydrogen-bond donors (Lipinski definition) is 1. The van der Waals surface area contributed by atoms with E-state index in [0.717, 1.165) is 48.3 Å². The lowest BCUT2D eigenvalue weighted by atomic mass is 9.48. The predicted octanol–water partition coefficient (Wildman–Crippen LogP) is 5.97. The maximum absolute atomic E-state index is 10.5. The minimum Gasteiger partial charge on any atom is -0.390 e. The molecule has 0 aromatic carbocycles. The van der Waals surface area contributed by atoms with E-state index >= 15 is 0 Å². The zero-order valence-corrected chi connectivity index (χ0v) is 16.4. The topological polar surface area (TPSA) is 20.2 Å². The molecule has 4 fully saturated rings. The van der Waals surface area contributed by atoms with Gasteiger partial charge in [-0.2, -0.15) is 0 Å². The van der Waals surface area contributed by atoms with Crippen LogP contribution in [0.2, 0.25) is 0 Å². The molecular weight excluding hydrogens is 292 g/mol.